The van der Waals surface area contributed by atoms with Crippen LogP contribution < -0.4 is 4.90 Å². The quantitative estimate of drug-likeness (QED) is 0.606. The van der Waals surface area contributed by atoms with Gasteiger partial charge in [0.1, 0.15) is 0 Å². The van der Waals surface area contributed by atoms with E-state index in [-0.39, 0.29) is 5.78 Å². The summed E-state index contributed by atoms with van der Waals surface area (Å²) >= 11 is 3.38. The summed E-state index contributed by atoms with van der Waals surface area (Å²) in [5, 5.41) is 0. The molecule has 0 aliphatic carbocycles. The van der Waals surface area contributed by atoms with E-state index in [2.05, 4.69) is 34.3 Å². The third-order valence-electron chi connectivity index (χ3n) is 2.41. The van der Waals surface area contributed by atoms with Gasteiger partial charge in [0.15, 0.2) is 5.78 Å². The third-order valence-corrected chi connectivity index (χ3v) is 2.90. The van der Waals surface area contributed by atoms with E-state index in [4.69, 9.17) is 0 Å². The molecule has 0 heterocycles. The van der Waals surface area contributed by atoms with Crippen LogP contribution in [0.4, 0.5) is 5.69 Å². The lowest BCUT2D eigenvalue weighted by Crippen LogP contribution is -2.24. The lowest BCUT2D eigenvalue weighted by atomic mass is 10.1. The molecule has 0 aliphatic rings. The van der Waals surface area contributed by atoms with Gasteiger partial charge in [-0.2, -0.15) is 0 Å². The Morgan fingerprint density at radius 1 is 1.56 bits per heavy atom. The van der Waals surface area contributed by atoms with Crippen LogP contribution in [0.25, 0.3) is 0 Å². The van der Waals surface area contributed by atoms with E-state index in [9.17, 15) is 4.79 Å². The summed E-state index contributed by atoms with van der Waals surface area (Å²) in [6.45, 7) is 8.99. The number of halogens is 1. The molecule has 86 valence electrons. The maximum Gasteiger partial charge on any atom is 0.161 e. The minimum Gasteiger partial charge on any atom is -0.368 e. The van der Waals surface area contributed by atoms with Gasteiger partial charge in [0.2, 0.25) is 0 Å². The van der Waals surface area contributed by atoms with Gasteiger partial charge in [0.05, 0.1) is 0 Å². The lowest BCUT2D eigenvalue weighted by Gasteiger charge is -2.23. The van der Waals surface area contributed by atoms with Crippen molar-refractivity contribution < 1.29 is 4.79 Å². The van der Waals surface area contributed by atoms with Crippen molar-refractivity contribution in [3.05, 3.63) is 40.9 Å². The highest BCUT2D eigenvalue weighted by Crippen LogP contribution is 2.25. The molecule has 0 saturated carbocycles. The van der Waals surface area contributed by atoms with Crippen LogP contribution >= 0.6 is 15.9 Å². The highest BCUT2D eigenvalue weighted by Gasteiger charge is 2.12. The van der Waals surface area contributed by atoms with Gasteiger partial charge in [-0.1, -0.05) is 22.0 Å². The van der Waals surface area contributed by atoms with E-state index in [0.29, 0.717) is 0 Å². The van der Waals surface area contributed by atoms with Gasteiger partial charge >= 0.3 is 0 Å². The van der Waals surface area contributed by atoms with Gasteiger partial charge in [-0.25, -0.2) is 0 Å². The fraction of sp³-hybridized carbons (Fsp3) is 0.308. The molecule has 16 heavy (non-hydrogen) atoms. The molecule has 1 aromatic rings. The van der Waals surface area contributed by atoms with E-state index >= 15 is 0 Å². The highest BCUT2D eigenvalue weighted by molar-refractivity contribution is 9.10. The molecule has 0 N–H and O–H groups in total. The average molecular weight is 282 g/mol. The van der Waals surface area contributed by atoms with Gasteiger partial charge < -0.3 is 4.90 Å². The minimum atomic E-state index is 0.0822. The van der Waals surface area contributed by atoms with E-state index in [1.54, 1.807) is 6.92 Å². The fourth-order valence-corrected chi connectivity index (χ4v) is 1.98. The molecule has 2 nitrogen and oxygen atoms in total. The second-order valence-corrected chi connectivity index (χ2v) is 4.46. The van der Waals surface area contributed by atoms with Gasteiger partial charge in [-0.15, -0.1) is 6.58 Å². The Morgan fingerprint density at radius 3 is 2.75 bits per heavy atom. The van der Waals surface area contributed by atoms with Crippen molar-refractivity contribution in [2.45, 2.75) is 13.8 Å². The van der Waals surface area contributed by atoms with Crippen LogP contribution in [0.5, 0.6) is 0 Å². The van der Waals surface area contributed by atoms with Gasteiger partial charge in [-0.3, -0.25) is 4.79 Å². The number of hydrogen-bond donors (Lipinski definition) is 0. The Labute approximate surface area is 105 Å². The Bertz CT molecular complexity index is 401. The van der Waals surface area contributed by atoms with Crippen LogP contribution in [-0.2, 0) is 0 Å². The van der Waals surface area contributed by atoms with Crippen LogP contribution in [0.1, 0.15) is 24.2 Å². The monoisotopic (exact) mass is 281 g/mol. The van der Waals surface area contributed by atoms with Crippen LogP contribution in [-0.4, -0.2) is 18.9 Å². The van der Waals surface area contributed by atoms with Crippen molar-refractivity contribution in [2.75, 3.05) is 18.0 Å². The zero-order valence-corrected chi connectivity index (χ0v) is 11.3. The predicted molar refractivity (Wildman–Crippen MR) is 72.2 cm³/mol. The van der Waals surface area contributed by atoms with Gasteiger partial charge in [0, 0.05) is 28.8 Å². The second kappa shape index (κ2) is 5.85. The summed E-state index contributed by atoms with van der Waals surface area (Å²) in [6, 6.07) is 5.78. The number of anilines is 1. The zero-order valence-electron chi connectivity index (χ0n) is 9.66. The normalized spacial score (nSPS) is 9.94. The first-order chi connectivity index (χ1) is 7.60. The number of rotatable bonds is 5. The van der Waals surface area contributed by atoms with Gasteiger partial charge in [-0.05, 0) is 32.0 Å². The Kier molecular flexibility index (Phi) is 4.74. The van der Waals surface area contributed by atoms with Crippen molar-refractivity contribution in [1.29, 1.82) is 0 Å². The molecule has 0 amide bonds. The third kappa shape index (κ3) is 2.95. The molecule has 1 rings (SSSR count). The summed E-state index contributed by atoms with van der Waals surface area (Å²) in [7, 11) is 0. The number of Topliss-reactive ketones (excluding diaryl/α,β-unsaturated/α-hetero) is 1. The predicted octanol–water partition coefficient (Wildman–Crippen LogP) is 3.66. The van der Waals surface area contributed by atoms with Crippen molar-refractivity contribution in [3.8, 4) is 0 Å². The summed E-state index contributed by atoms with van der Waals surface area (Å²) in [5.74, 6) is 0.0822. The standard InChI is InChI=1S/C13H16BrNO/c1-4-8-15(5-2)13-7-6-11(14)9-12(13)10(3)16/h4,6-7,9H,1,5,8H2,2-3H3. The second-order valence-electron chi connectivity index (χ2n) is 3.54. The Morgan fingerprint density at radius 2 is 2.25 bits per heavy atom. The number of nitrogens with zero attached hydrogens (tertiary/aromatic N) is 1. The van der Waals surface area contributed by atoms with Crippen molar-refractivity contribution in [3.63, 3.8) is 0 Å². The lowest BCUT2D eigenvalue weighted by molar-refractivity contribution is 0.101. The summed E-state index contributed by atoms with van der Waals surface area (Å²) in [6.07, 6.45) is 1.84. The molecular formula is C13H16BrNO. The molecule has 0 radical (unpaired) electrons. The first-order valence-electron chi connectivity index (χ1n) is 5.26. The van der Waals surface area contributed by atoms with Crippen molar-refractivity contribution in [2.24, 2.45) is 0 Å². The number of benzene rings is 1. The first-order valence-corrected chi connectivity index (χ1v) is 6.05. The largest absolute Gasteiger partial charge is 0.368 e. The number of hydrogen-bond acceptors (Lipinski definition) is 2. The van der Waals surface area contributed by atoms with Crippen LogP contribution in [0.15, 0.2) is 35.3 Å². The van der Waals surface area contributed by atoms with Crippen molar-refractivity contribution >= 4 is 27.4 Å². The molecule has 0 saturated heterocycles. The van der Waals surface area contributed by atoms with Crippen LogP contribution in [0.3, 0.4) is 0 Å². The SMILES string of the molecule is C=CCN(CC)c1ccc(Br)cc1C(C)=O. The molecule has 0 atom stereocenters. The first kappa shape index (κ1) is 13.0. The maximum absolute atomic E-state index is 11.6. The van der Waals surface area contributed by atoms with Crippen LogP contribution in [0, 0.1) is 0 Å². The molecule has 0 spiro atoms. The molecule has 3 heteroatoms. The smallest absolute Gasteiger partial charge is 0.161 e. The highest BCUT2D eigenvalue weighted by atomic mass is 79.9. The van der Waals surface area contributed by atoms with Crippen LogP contribution in [0.2, 0.25) is 0 Å². The minimum absolute atomic E-state index is 0.0822. The van der Waals surface area contributed by atoms with E-state index in [1.807, 2.05) is 24.3 Å². The molecule has 0 aliphatic heterocycles. The van der Waals surface area contributed by atoms with E-state index < -0.39 is 0 Å². The molecular weight excluding hydrogens is 266 g/mol. The molecule has 0 unspecified atom stereocenters. The van der Waals surface area contributed by atoms with Gasteiger partial charge in [0.25, 0.3) is 0 Å². The molecule has 0 bridgehead atoms. The van der Waals surface area contributed by atoms with E-state index in [0.717, 1.165) is 28.8 Å². The molecule has 1 aromatic carbocycles. The Hall–Kier alpha value is -1.09. The molecule has 0 fully saturated rings. The fourth-order valence-electron chi connectivity index (χ4n) is 1.62. The van der Waals surface area contributed by atoms with E-state index in [1.165, 1.54) is 0 Å². The molecule has 0 aromatic heterocycles. The summed E-state index contributed by atoms with van der Waals surface area (Å²) < 4.78 is 0.927. The number of likely N-dealkylation sites (N-methyl/N-ethyl adjacent to an activating group) is 1. The maximum atomic E-state index is 11.6. The zero-order chi connectivity index (χ0) is 12.1. The topological polar surface area (TPSA) is 20.3 Å². The average Bonchev–Trinajstić information content (AvgIpc) is 2.26. The number of ketones is 1. The summed E-state index contributed by atoms with van der Waals surface area (Å²) in [5.41, 5.74) is 1.72. The number of carbonyl (C=O) groups excluding carboxylic acids is 1. The van der Waals surface area contributed by atoms with Crippen molar-refractivity contribution in [1.82, 2.24) is 0 Å². The summed E-state index contributed by atoms with van der Waals surface area (Å²) in [4.78, 5) is 13.7. The Balaban J connectivity index is 3.19. The number of carbonyl (C=O) groups is 1.